The minimum Gasteiger partial charge on any atom is -0.431 e. The maximum Gasteiger partial charge on any atom is 0.302 e. The number of nitrogens with zero attached hydrogens (tertiary/aromatic N) is 5. The SMILES string of the molecule is CS(=O)(=O)c1ccc(-n2nccc2C(=O)Nc2nc(-c3cccc(C#N)n3)co2)cc1. The molecule has 10 nitrogen and oxygen atoms in total. The third-order valence-electron chi connectivity index (χ3n) is 4.24. The average Bonchev–Trinajstić information content (AvgIpc) is 3.43. The molecule has 1 N–H and O–H groups in total. The summed E-state index contributed by atoms with van der Waals surface area (Å²) in [5.41, 5.74) is 1.72. The van der Waals surface area contributed by atoms with Gasteiger partial charge in [-0.25, -0.2) is 18.1 Å². The number of rotatable bonds is 5. The lowest BCUT2D eigenvalue weighted by Gasteiger charge is -2.07. The number of carbonyl (C=O) groups is 1. The lowest BCUT2D eigenvalue weighted by atomic mass is 10.2. The predicted molar refractivity (Wildman–Crippen MR) is 109 cm³/mol. The van der Waals surface area contributed by atoms with Gasteiger partial charge in [0.05, 0.1) is 22.5 Å². The van der Waals surface area contributed by atoms with Crippen molar-refractivity contribution in [3.05, 3.63) is 72.4 Å². The molecular formula is C20H14N6O4S. The van der Waals surface area contributed by atoms with Crippen LogP contribution >= 0.6 is 0 Å². The third-order valence-corrected chi connectivity index (χ3v) is 5.36. The fourth-order valence-electron chi connectivity index (χ4n) is 2.77. The Bertz CT molecular complexity index is 1410. The second-order valence-electron chi connectivity index (χ2n) is 6.41. The molecule has 0 unspecified atom stereocenters. The van der Waals surface area contributed by atoms with Crippen molar-refractivity contribution in [1.82, 2.24) is 19.7 Å². The molecule has 11 heteroatoms. The van der Waals surface area contributed by atoms with E-state index in [0.29, 0.717) is 17.1 Å². The van der Waals surface area contributed by atoms with Crippen molar-refractivity contribution in [3.8, 4) is 23.1 Å². The Morgan fingerprint density at radius 3 is 2.58 bits per heavy atom. The maximum atomic E-state index is 12.7. The van der Waals surface area contributed by atoms with Gasteiger partial charge in [0.25, 0.3) is 5.91 Å². The van der Waals surface area contributed by atoms with Crippen LogP contribution in [0.1, 0.15) is 16.2 Å². The first kappa shape index (κ1) is 20.0. The molecule has 4 aromatic rings. The molecule has 0 fully saturated rings. The zero-order chi connectivity index (χ0) is 22.0. The summed E-state index contributed by atoms with van der Waals surface area (Å²) in [6.07, 6.45) is 3.88. The molecule has 0 bridgehead atoms. The van der Waals surface area contributed by atoms with E-state index in [0.717, 1.165) is 6.26 Å². The van der Waals surface area contributed by atoms with E-state index < -0.39 is 15.7 Å². The third kappa shape index (κ3) is 4.19. The molecule has 1 amide bonds. The van der Waals surface area contributed by atoms with Gasteiger partial charge in [0.2, 0.25) is 0 Å². The molecule has 4 rings (SSSR count). The number of hydrogen-bond acceptors (Lipinski definition) is 8. The number of amides is 1. The van der Waals surface area contributed by atoms with Gasteiger partial charge in [-0.3, -0.25) is 10.1 Å². The number of nitrogens with one attached hydrogen (secondary N) is 1. The van der Waals surface area contributed by atoms with Crippen molar-refractivity contribution in [2.24, 2.45) is 0 Å². The number of sulfone groups is 1. The number of aromatic nitrogens is 4. The Morgan fingerprint density at radius 2 is 1.87 bits per heavy atom. The van der Waals surface area contributed by atoms with Gasteiger partial charge in [0.15, 0.2) is 9.84 Å². The quantitative estimate of drug-likeness (QED) is 0.504. The number of pyridine rings is 1. The van der Waals surface area contributed by atoms with E-state index in [1.54, 1.807) is 30.3 Å². The lowest BCUT2D eigenvalue weighted by Crippen LogP contribution is -2.17. The monoisotopic (exact) mass is 434 g/mol. The normalized spacial score (nSPS) is 11.1. The van der Waals surface area contributed by atoms with E-state index >= 15 is 0 Å². The first-order valence-corrected chi connectivity index (χ1v) is 10.7. The highest BCUT2D eigenvalue weighted by atomic mass is 32.2. The van der Waals surface area contributed by atoms with Crippen LogP contribution in [0.15, 0.2) is 70.3 Å². The van der Waals surface area contributed by atoms with E-state index in [-0.39, 0.29) is 22.3 Å². The van der Waals surface area contributed by atoms with Crippen LogP contribution in [-0.2, 0) is 9.84 Å². The standard InChI is InChI=1S/C20H14N6O4S/c1-31(28,29)15-7-5-14(6-8-15)26-18(9-10-22-26)19(27)25-20-24-17(12-30-20)16-4-2-3-13(11-21)23-16/h2-10,12H,1H3,(H,24,25,27). The summed E-state index contributed by atoms with van der Waals surface area (Å²) >= 11 is 0. The van der Waals surface area contributed by atoms with Gasteiger partial charge in [-0.05, 0) is 42.5 Å². The summed E-state index contributed by atoms with van der Waals surface area (Å²) in [7, 11) is -3.33. The Labute approximate surface area is 176 Å². The van der Waals surface area contributed by atoms with Gasteiger partial charge in [-0.2, -0.15) is 15.3 Å². The van der Waals surface area contributed by atoms with Gasteiger partial charge in [-0.15, -0.1) is 0 Å². The van der Waals surface area contributed by atoms with Gasteiger partial charge in [0, 0.05) is 6.26 Å². The van der Waals surface area contributed by atoms with Crippen molar-refractivity contribution >= 4 is 21.8 Å². The van der Waals surface area contributed by atoms with Crippen molar-refractivity contribution in [3.63, 3.8) is 0 Å². The van der Waals surface area contributed by atoms with Crippen LogP contribution in [0.25, 0.3) is 17.1 Å². The highest BCUT2D eigenvalue weighted by Gasteiger charge is 2.17. The Morgan fingerprint density at radius 1 is 1.10 bits per heavy atom. The van der Waals surface area contributed by atoms with Gasteiger partial charge in [-0.1, -0.05) is 6.07 Å². The number of carbonyl (C=O) groups excluding carboxylic acids is 1. The molecule has 1 aromatic carbocycles. The minimum absolute atomic E-state index is 0.0515. The van der Waals surface area contributed by atoms with Crippen LogP contribution in [0.2, 0.25) is 0 Å². The second-order valence-corrected chi connectivity index (χ2v) is 8.42. The summed E-state index contributed by atoms with van der Waals surface area (Å²) in [5, 5.41) is 15.6. The first-order valence-electron chi connectivity index (χ1n) is 8.84. The molecule has 0 saturated carbocycles. The minimum atomic E-state index is -3.33. The molecule has 31 heavy (non-hydrogen) atoms. The van der Waals surface area contributed by atoms with Crippen LogP contribution < -0.4 is 5.32 Å². The van der Waals surface area contributed by atoms with E-state index in [1.165, 1.54) is 35.3 Å². The van der Waals surface area contributed by atoms with Crippen LogP contribution in [0.4, 0.5) is 6.01 Å². The van der Waals surface area contributed by atoms with Crippen molar-refractivity contribution < 1.29 is 17.6 Å². The number of anilines is 1. The molecule has 0 aliphatic carbocycles. The zero-order valence-electron chi connectivity index (χ0n) is 16.1. The Hall–Kier alpha value is -4.30. The highest BCUT2D eigenvalue weighted by Crippen LogP contribution is 2.20. The number of benzene rings is 1. The van der Waals surface area contributed by atoms with Crippen molar-refractivity contribution in [2.45, 2.75) is 4.90 Å². The lowest BCUT2D eigenvalue weighted by molar-refractivity contribution is 0.101. The molecule has 154 valence electrons. The van der Waals surface area contributed by atoms with Gasteiger partial charge < -0.3 is 4.42 Å². The largest absolute Gasteiger partial charge is 0.431 e. The summed E-state index contributed by atoms with van der Waals surface area (Å²) in [5.74, 6) is -0.531. The van der Waals surface area contributed by atoms with E-state index in [1.807, 2.05) is 6.07 Å². The molecule has 0 saturated heterocycles. The zero-order valence-corrected chi connectivity index (χ0v) is 16.9. The topological polar surface area (TPSA) is 144 Å². The maximum absolute atomic E-state index is 12.7. The predicted octanol–water partition coefficient (Wildman–Crippen LogP) is 2.45. The van der Waals surface area contributed by atoms with E-state index in [4.69, 9.17) is 9.68 Å². The van der Waals surface area contributed by atoms with Gasteiger partial charge >= 0.3 is 6.01 Å². The molecule has 0 atom stereocenters. The number of oxazole rings is 1. The van der Waals surface area contributed by atoms with Crippen molar-refractivity contribution in [2.75, 3.05) is 11.6 Å². The smallest absolute Gasteiger partial charge is 0.302 e. The summed E-state index contributed by atoms with van der Waals surface area (Å²) in [4.78, 5) is 21.2. The molecule has 0 aliphatic rings. The van der Waals surface area contributed by atoms with Crippen LogP contribution in [0.3, 0.4) is 0 Å². The Balaban J connectivity index is 1.55. The number of hydrogen-bond donors (Lipinski definition) is 1. The second kappa shape index (κ2) is 7.85. The average molecular weight is 434 g/mol. The summed E-state index contributed by atoms with van der Waals surface area (Å²) < 4.78 is 29.9. The van der Waals surface area contributed by atoms with Crippen molar-refractivity contribution in [1.29, 1.82) is 5.26 Å². The van der Waals surface area contributed by atoms with E-state index in [9.17, 15) is 13.2 Å². The van der Waals surface area contributed by atoms with E-state index in [2.05, 4.69) is 20.4 Å². The summed E-state index contributed by atoms with van der Waals surface area (Å²) in [6.45, 7) is 0. The van der Waals surface area contributed by atoms with Gasteiger partial charge in [0.1, 0.15) is 29.4 Å². The molecule has 0 aliphatic heterocycles. The van der Waals surface area contributed by atoms with Crippen LogP contribution in [0.5, 0.6) is 0 Å². The first-order chi connectivity index (χ1) is 14.8. The molecule has 0 radical (unpaired) electrons. The molecular weight excluding hydrogens is 420 g/mol. The molecule has 3 aromatic heterocycles. The fourth-order valence-corrected chi connectivity index (χ4v) is 3.40. The molecule has 0 spiro atoms. The molecule has 3 heterocycles. The Kier molecular flexibility index (Phi) is 5.06. The summed E-state index contributed by atoms with van der Waals surface area (Å²) in [6, 6.07) is 14.3. The fraction of sp³-hybridized carbons (Fsp3) is 0.0500. The number of nitriles is 1. The van der Waals surface area contributed by atoms with Crippen LogP contribution in [0, 0.1) is 11.3 Å². The highest BCUT2D eigenvalue weighted by molar-refractivity contribution is 7.90. The van der Waals surface area contributed by atoms with Crippen LogP contribution in [-0.4, -0.2) is 40.3 Å².